The van der Waals surface area contributed by atoms with Gasteiger partial charge in [-0.15, -0.1) is 0 Å². The predicted molar refractivity (Wildman–Crippen MR) is 69.2 cm³/mol. The smallest absolute Gasteiger partial charge is 0.236 e. The fraction of sp³-hybridized carbons (Fsp3) is 0.273. The van der Waals surface area contributed by atoms with Crippen molar-refractivity contribution in [3.8, 4) is 0 Å². The highest BCUT2D eigenvalue weighted by atomic mass is 79.9. The van der Waals surface area contributed by atoms with E-state index in [2.05, 4.69) is 31.9 Å². The van der Waals surface area contributed by atoms with Gasteiger partial charge in [0.25, 0.3) is 0 Å². The third-order valence-electron chi connectivity index (χ3n) is 2.59. The van der Waals surface area contributed by atoms with Crippen LogP contribution in [0.2, 0.25) is 0 Å². The normalized spacial score (nSPS) is 18.5. The SMILES string of the molecule is NNC(=O)CC1CC(c2ccc(Br)cc2)=NN1. The van der Waals surface area contributed by atoms with E-state index >= 15 is 0 Å². The van der Waals surface area contributed by atoms with Gasteiger partial charge in [-0.05, 0) is 17.7 Å². The maximum atomic E-state index is 11.1. The van der Waals surface area contributed by atoms with Crippen molar-refractivity contribution < 1.29 is 4.79 Å². The van der Waals surface area contributed by atoms with Crippen LogP contribution in [-0.2, 0) is 4.79 Å². The summed E-state index contributed by atoms with van der Waals surface area (Å²) in [5.74, 6) is 4.86. The van der Waals surface area contributed by atoms with Crippen LogP contribution in [0.3, 0.4) is 0 Å². The molecule has 0 fully saturated rings. The number of carbonyl (C=O) groups is 1. The molecule has 1 aromatic carbocycles. The van der Waals surface area contributed by atoms with Gasteiger partial charge in [0.15, 0.2) is 0 Å². The minimum atomic E-state index is -0.185. The molecule has 90 valence electrons. The van der Waals surface area contributed by atoms with E-state index in [1.165, 1.54) is 0 Å². The zero-order chi connectivity index (χ0) is 12.3. The van der Waals surface area contributed by atoms with Crippen LogP contribution in [0.5, 0.6) is 0 Å². The number of hydrogen-bond donors (Lipinski definition) is 3. The van der Waals surface area contributed by atoms with Gasteiger partial charge < -0.3 is 5.43 Å². The summed E-state index contributed by atoms with van der Waals surface area (Å²) in [5.41, 5.74) is 7.09. The van der Waals surface area contributed by atoms with Crippen molar-refractivity contribution in [2.75, 3.05) is 0 Å². The minimum absolute atomic E-state index is 0.0252. The van der Waals surface area contributed by atoms with E-state index in [0.717, 1.165) is 22.2 Å². The van der Waals surface area contributed by atoms with E-state index in [0.29, 0.717) is 6.42 Å². The molecule has 1 aromatic rings. The van der Waals surface area contributed by atoms with E-state index in [1.807, 2.05) is 24.3 Å². The summed E-state index contributed by atoms with van der Waals surface area (Å²) in [6.07, 6.45) is 1.06. The molecule has 0 aliphatic carbocycles. The largest absolute Gasteiger partial charge is 0.306 e. The Morgan fingerprint density at radius 1 is 1.53 bits per heavy atom. The van der Waals surface area contributed by atoms with Crippen molar-refractivity contribution in [1.29, 1.82) is 0 Å². The molecule has 1 amide bonds. The molecule has 2 rings (SSSR count). The lowest BCUT2D eigenvalue weighted by atomic mass is 10.0. The maximum Gasteiger partial charge on any atom is 0.236 e. The van der Waals surface area contributed by atoms with Crippen molar-refractivity contribution in [2.45, 2.75) is 18.9 Å². The second-order valence-corrected chi connectivity index (χ2v) is 4.78. The third kappa shape index (κ3) is 3.04. The number of nitrogens with zero attached hydrogens (tertiary/aromatic N) is 1. The summed E-state index contributed by atoms with van der Waals surface area (Å²) < 4.78 is 1.03. The first-order valence-electron chi connectivity index (χ1n) is 5.26. The van der Waals surface area contributed by atoms with Gasteiger partial charge >= 0.3 is 0 Å². The van der Waals surface area contributed by atoms with E-state index in [1.54, 1.807) is 0 Å². The first-order valence-corrected chi connectivity index (χ1v) is 6.06. The highest BCUT2D eigenvalue weighted by molar-refractivity contribution is 9.10. The summed E-state index contributed by atoms with van der Waals surface area (Å²) in [5, 5.41) is 4.23. The van der Waals surface area contributed by atoms with Gasteiger partial charge in [0.2, 0.25) is 5.91 Å². The lowest BCUT2D eigenvalue weighted by Gasteiger charge is -2.07. The topological polar surface area (TPSA) is 79.5 Å². The van der Waals surface area contributed by atoms with Crippen molar-refractivity contribution in [3.05, 3.63) is 34.3 Å². The van der Waals surface area contributed by atoms with E-state index in [9.17, 15) is 4.79 Å². The van der Waals surface area contributed by atoms with Crippen LogP contribution in [-0.4, -0.2) is 17.7 Å². The molecule has 1 unspecified atom stereocenters. The zero-order valence-electron chi connectivity index (χ0n) is 9.11. The van der Waals surface area contributed by atoms with E-state index < -0.39 is 0 Å². The second kappa shape index (κ2) is 5.29. The lowest BCUT2D eigenvalue weighted by Crippen LogP contribution is -2.35. The monoisotopic (exact) mass is 296 g/mol. The van der Waals surface area contributed by atoms with Crippen LogP contribution in [0, 0.1) is 0 Å². The molecular formula is C11H13BrN4O. The number of rotatable bonds is 3. The van der Waals surface area contributed by atoms with Crippen molar-refractivity contribution >= 4 is 27.5 Å². The number of carbonyl (C=O) groups excluding carboxylic acids is 1. The molecule has 0 aromatic heterocycles. The first kappa shape index (κ1) is 12.1. The van der Waals surface area contributed by atoms with Crippen LogP contribution < -0.4 is 16.7 Å². The van der Waals surface area contributed by atoms with Crippen LogP contribution in [0.15, 0.2) is 33.8 Å². The Morgan fingerprint density at radius 2 is 2.24 bits per heavy atom. The van der Waals surface area contributed by atoms with E-state index in [4.69, 9.17) is 5.84 Å². The Labute approximate surface area is 108 Å². The molecule has 5 nitrogen and oxygen atoms in total. The number of nitrogens with two attached hydrogens (primary N) is 1. The molecule has 0 saturated carbocycles. The summed E-state index contributed by atoms with van der Waals surface area (Å²) >= 11 is 3.39. The summed E-state index contributed by atoms with van der Waals surface area (Å²) in [7, 11) is 0. The standard InChI is InChI=1S/C11H13BrN4O/c12-8-3-1-7(2-4-8)10-5-9(15-16-10)6-11(17)14-13/h1-4,9,15H,5-6,13H2,(H,14,17). The summed E-state index contributed by atoms with van der Waals surface area (Å²) in [6.45, 7) is 0. The number of hydrazone groups is 1. The van der Waals surface area contributed by atoms with Gasteiger partial charge in [-0.25, -0.2) is 5.84 Å². The molecule has 0 spiro atoms. The Kier molecular flexibility index (Phi) is 3.75. The van der Waals surface area contributed by atoms with Gasteiger partial charge in [0.1, 0.15) is 0 Å². The van der Waals surface area contributed by atoms with Crippen molar-refractivity contribution in [3.63, 3.8) is 0 Å². The molecule has 6 heteroatoms. The number of nitrogens with one attached hydrogen (secondary N) is 2. The summed E-state index contributed by atoms with van der Waals surface area (Å²) in [6, 6.07) is 7.96. The minimum Gasteiger partial charge on any atom is -0.306 e. The molecule has 0 bridgehead atoms. The number of hydrogen-bond acceptors (Lipinski definition) is 4. The van der Waals surface area contributed by atoms with Gasteiger partial charge in [0, 0.05) is 10.9 Å². The van der Waals surface area contributed by atoms with Crippen LogP contribution in [0.1, 0.15) is 18.4 Å². The summed E-state index contributed by atoms with van der Waals surface area (Å²) in [4.78, 5) is 11.1. The van der Waals surface area contributed by atoms with Crippen LogP contribution >= 0.6 is 15.9 Å². The molecule has 4 N–H and O–H groups in total. The number of hydrazine groups is 1. The molecule has 1 atom stereocenters. The van der Waals surface area contributed by atoms with Crippen LogP contribution in [0.25, 0.3) is 0 Å². The van der Waals surface area contributed by atoms with Crippen molar-refractivity contribution in [1.82, 2.24) is 10.9 Å². The third-order valence-corrected chi connectivity index (χ3v) is 3.12. The predicted octanol–water partition coefficient (Wildman–Crippen LogP) is 0.895. The Bertz CT molecular complexity index is 443. The quantitative estimate of drug-likeness (QED) is 0.440. The van der Waals surface area contributed by atoms with Gasteiger partial charge in [-0.1, -0.05) is 28.1 Å². The molecule has 1 aliphatic rings. The van der Waals surface area contributed by atoms with E-state index in [-0.39, 0.29) is 11.9 Å². The second-order valence-electron chi connectivity index (χ2n) is 3.87. The highest BCUT2D eigenvalue weighted by Crippen LogP contribution is 2.16. The maximum absolute atomic E-state index is 11.1. The fourth-order valence-corrected chi connectivity index (χ4v) is 1.98. The molecule has 0 saturated heterocycles. The van der Waals surface area contributed by atoms with Gasteiger partial charge in [-0.2, -0.15) is 5.10 Å². The van der Waals surface area contributed by atoms with Crippen molar-refractivity contribution in [2.24, 2.45) is 10.9 Å². The molecule has 0 radical (unpaired) electrons. The zero-order valence-corrected chi connectivity index (χ0v) is 10.7. The highest BCUT2D eigenvalue weighted by Gasteiger charge is 2.21. The molecule has 1 aliphatic heterocycles. The molecule has 1 heterocycles. The Morgan fingerprint density at radius 3 is 2.88 bits per heavy atom. The molecular weight excluding hydrogens is 284 g/mol. The Hall–Kier alpha value is -1.40. The van der Waals surface area contributed by atoms with Crippen LogP contribution in [0.4, 0.5) is 0 Å². The number of benzene rings is 1. The van der Waals surface area contributed by atoms with Gasteiger partial charge in [-0.3, -0.25) is 10.2 Å². The molecule has 17 heavy (non-hydrogen) atoms. The fourth-order valence-electron chi connectivity index (χ4n) is 1.72. The Balaban J connectivity index is 1.97. The number of amides is 1. The average Bonchev–Trinajstić information content (AvgIpc) is 2.78. The van der Waals surface area contributed by atoms with Gasteiger partial charge in [0.05, 0.1) is 18.2 Å². The average molecular weight is 297 g/mol. The lowest BCUT2D eigenvalue weighted by molar-refractivity contribution is -0.121. The number of halogens is 1. The first-order chi connectivity index (χ1) is 8.19.